The number of alkyl halides is 3. The van der Waals surface area contributed by atoms with Crippen molar-refractivity contribution >= 4 is 11.6 Å². The monoisotopic (exact) mass is 233 g/mol. The Hall–Kier alpha value is -1.72. The highest BCUT2D eigenvalue weighted by Crippen LogP contribution is 2.25. The molecule has 0 aliphatic heterocycles. The van der Waals surface area contributed by atoms with Crippen molar-refractivity contribution in [3.63, 3.8) is 0 Å². The zero-order chi connectivity index (χ0) is 12.3. The molecule has 88 valence electrons. The van der Waals surface area contributed by atoms with Gasteiger partial charge in [0.15, 0.2) is 0 Å². The number of amides is 1. The van der Waals surface area contributed by atoms with Gasteiger partial charge in [0, 0.05) is 0 Å². The van der Waals surface area contributed by atoms with Gasteiger partial charge in [0.2, 0.25) is 5.91 Å². The first-order chi connectivity index (χ1) is 7.28. The highest BCUT2D eigenvalue weighted by Gasteiger charge is 2.31. The largest absolute Gasteiger partial charge is 0.506 e. The lowest BCUT2D eigenvalue weighted by Gasteiger charge is -2.09. The predicted molar refractivity (Wildman–Crippen MR) is 52.1 cm³/mol. The molecule has 0 aliphatic rings. The maximum Gasteiger partial charge on any atom is 0.397 e. The number of phenolic OH excluding ortho intramolecular Hbond substituents is 1. The van der Waals surface area contributed by atoms with Gasteiger partial charge < -0.3 is 10.4 Å². The standard InChI is InChI=1S/C10H10F3NO2/c1-6-2-3-7(8(15)4-6)14-9(16)5-10(11,12)13/h2-4,15H,5H2,1H3,(H,14,16). The molecule has 2 N–H and O–H groups in total. The Labute approximate surface area is 89.9 Å². The van der Waals surface area contributed by atoms with Crippen molar-refractivity contribution in [3.05, 3.63) is 23.8 Å². The van der Waals surface area contributed by atoms with E-state index in [1.54, 1.807) is 13.0 Å². The third kappa shape index (κ3) is 3.80. The summed E-state index contributed by atoms with van der Waals surface area (Å²) < 4.78 is 35.6. The SMILES string of the molecule is Cc1ccc(NC(=O)CC(F)(F)F)c(O)c1. The molecule has 1 rings (SSSR count). The first-order valence-electron chi connectivity index (χ1n) is 4.44. The van der Waals surface area contributed by atoms with Crippen molar-refractivity contribution < 1.29 is 23.1 Å². The number of hydrogen-bond acceptors (Lipinski definition) is 2. The summed E-state index contributed by atoms with van der Waals surface area (Å²) in [6.07, 6.45) is -6.12. The van der Waals surface area contributed by atoms with E-state index in [-0.39, 0.29) is 11.4 Å². The Bertz CT molecular complexity index is 402. The van der Waals surface area contributed by atoms with Gasteiger partial charge in [-0.1, -0.05) is 6.07 Å². The summed E-state index contributed by atoms with van der Waals surface area (Å²) in [5.41, 5.74) is 0.714. The molecule has 0 aromatic heterocycles. The molecule has 16 heavy (non-hydrogen) atoms. The van der Waals surface area contributed by atoms with Crippen LogP contribution in [-0.2, 0) is 4.79 Å². The van der Waals surface area contributed by atoms with E-state index in [0.29, 0.717) is 0 Å². The molecule has 3 nitrogen and oxygen atoms in total. The third-order valence-corrected chi connectivity index (χ3v) is 1.79. The van der Waals surface area contributed by atoms with E-state index in [1.807, 2.05) is 5.32 Å². The van der Waals surface area contributed by atoms with Crippen molar-refractivity contribution in [1.29, 1.82) is 0 Å². The highest BCUT2D eigenvalue weighted by molar-refractivity contribution is 5.92. The normalized spacial score (nSPS) is 11.2. The second-order valence-corrected chi connectivity index (χ2v) is 3.36. The molecule has 0 spiro atoms. The number of aryl methyl sites for hydroxylation is 1. The Morgan fingerprint density at radius 1 is 1.44 bits per heavy atom. The van der Waals surface area contributed by atoms with E-state index in [4.69, 9.17) is 0 Å². The number of hydrogen-bond donors (Lipinski definition) is 2. The molecule has 0 bridgehead atoms. The van der Waals surface area contributed by atoms with E-state index in [2.05, 4.69) is 0 Å². The Morgan fingerprint density at radius 3 is 2.56 bits per heavy atom. The molecule has 0 fully saturated rings. The summed E-state index contributed by atoms with van der Waals surface area (Å²) in [6.45, 7) is 1.71. The van der Waals surface area contributed by atoms with Crippen LogP contribution in [0, 0.1) is 6.92 Å². The van der Waals surface area contributed by atoms with E-state index in [9.17, 15) is 23.1 Å². The highest BCUT2D eigenvalue weighted by atomic mass is 19.4. The molecule has 0 aliphatic carbocycles. The van der Waals surface area contributed by atoms with Crippen molar-refractivity contribution in [1.82, 2.24) is 0 Å². The number of phenols is 1. The van der Waals surface area contributed by atoms with E-state index in [0.717, 1.165) is 5.56 Å². The van der Waals surface area contributed by atoms with Crippen LogP contribution in [0.1, 0.15) is 12.0 Å². The predicted octanol–water partition coefficient (Wildman–Crippen LogP) is 2.59. The maximum absolute atomic E-state index is 11.9. The second kappa shape index (κ2) is 4.42. The first kappa shape index (κ1) is 12.4. The molecular formula is C10H10F3NO2. The van der Waals surface area contributed by atoms with Crippen LogP contribution in [0.15, 0.2) is 18.2 Å². The number of aromatic hydroxyl groups is 1. The molecule has 0 saturated carbocycles. The second-order valence-electron chi connectivity index (χ2n) is 3.36. The number of carbonyl (C=O) groups is 1. The number of benzene rings is 1. The number of nitrogens with one attached hydrogen (secondary N) is 1. The fraction of sp³-hybridized carbons (Fsp3) is 0.300. The van der Waals surface area contributed by atoms with Gasteiger partial charge in [0.05, 0.1) is 5.69 Å². The number of anilines is 1. The Balaban J connectivity index is 2.70. The van der Waals surface area contributed by atoms with Crippen molar-refractivity contribution in [2.45, 2.75) is 19.5 Å². The summed E-state index contributed by atoms with van der Waals surface area (Å²) in [7, 11) is 0. The fourth-order valence-electron chi connectivity index (χ4n) is 1.12. The molecule has 0 radical (unpaired) electrons. The van der Waals surface area contributed by atoms with Gasteiger partial charge in [-0.15, -0.1) is 0 Å². The lowest BCUT2D eigenvalue weighted by Crippen LogP contribution is -2.21. The van der Waals surface area contributed by atoms with Crippen LogP contribution in [0.2, 0.25) is 0 Å². The van der Waals surface area contributed by atoms with Crippen LogP contribution in [0.3, 0.4) is 0 Å². The topological polar surface area (TPSA) is 49.3 Å². The molecule has 0 saturated heterocycles. The summed E-state index contributed by atoms with van der Waals surface area (Å²) in [5, 5.41) is 11.3. The number of rotatable bonds is 2. The average molecular weight is 233 g/mol. The first-order valence-corrected chi connectivity index (χ1v) is 4.44. The van der Waals surface area contributed by atoms with Crippen molar-refractivity contribution in [3.8, 4) is 5.75 Å². The zero-order valence-electron chi connectivity index (χ0n) is 8.43. The lowest BCUT2D eigenvalue weighted by molar-refractivity contribution is -0.150. The quantitative estimate of drug-likeness (QED) is 0.771. The van der Waals surface area contributed by atoms with Crippen LogP contribution >= 0.6 is 0 Å². The fourth-order valence-corrected chi connectivity index (χ4v) is 1.12. The summed E-state index contributed by atoms with van der Waals surface area (Å²) in [5.74, 6) is -1.46. The number of halogens is 3. The summed E-state index contributed by atoms with van der Waals surface area (Å²) in [6, 6.07) is 4.27. The van der Waals surface area contributed by atoms with E-state index < -0.39 is 18.5 Å². The Morgan fingerprint density at radius 2 is 2.06 bits per heavy atom. The molecule has 0 heterocycles. The molecule has 0 atom stereocenters. The van der Waals surface area contributed by atoms with E-state index >= 15 is 0 Å². The molecule has 1 aromatic carbocycles. The van der Waals surface area contributed by atoms with Crippen LogP contribution in [0.4, 0.5) is 18.9 Å². The minimum Gasteiger partial charge on any atom is -0.506 e. The van der Waals surface area contributed by atoms with Gasteiger partial charge in [0.1, 0.15) is 12.2 Å². The molecule has 1 aromatic rings. The molecule has 1 amide bonds. The van der Waals surface area contributed by atoms with Crippen LogP contribution in [0.25, 0.3) is 0 Å². The van der Waals surface area contributed by atoms with Gasteiger partial charge in [-0.25, -0.2) is 0 Å². The van der Waals surface area contributed by atoms with Gasteiger partial charge in [-0.2, -0.15) is 13.2 Å². The zero-order valence-corrected chi connectivity index (χ0v) is 8.43. The van der Waals surface area contributed by atoms with Gasteiger partial charge in [0.25, 0.3) is 0 Å². The average Bonchev–Trinajstić information content (AvgIpc) is 2.06. The Kier molecular flexibility index (Phi) is 3.41. The minimum atomic E-state index is -4.55. The molecule has 0 unspecified atom stereocenters. The summed E-state index contributed by atoms with van der Waals surface area (Å²) >= 11 is 0. The van der Waals surface area contributed by atoms with Crippen LogP contribution in [0.5, 0.6) is 5.75 Å². The van der Waals surface area contributed by atoms with Crippen molar-refractivity contribution in [2.75, 3.05) is 5.32 Å². The van der Waals surface area contributed by atoms with Crippen LogP contribution < -0.4 is 5.32 Å². The lowest BCUT2D eigenvalue weighted by atomic mass is 10.2. The van der Waals surface area contributed by atoms with Gasteiger partial charge >= 0.3 is 6.18 Å². The van der Waals surface area contributed by atoms with E-state index in [1.165, 1.54) is 12.1 Å². The maximum atomic E-state index is 11.9. The summed E-state index contributed by atoms with van der Waals surface area (Å²) in [4.78, 5) is 10.9. The van der Waals surface area contributed by atoms with Gasteiger partial charge in [-0.3, -0.25) is 4.79 Å². The van der Waals surface area contributed by atoms with Gasteiger partial charge in [-0.05, 0) is 24.6 Å². The third-order valence-electron chi connectivity index (χ3n) is 1.79. The molecule has 6 heteroatoms. The minimum absolute atomic E-state index is 0.0279. The van der Waals surface area contributed by atoms with Crippen molar-refractivity contribution in [2.24, 2.45) is 0 Å². The number of carbonyl (C=O) groups excluding carboxylic acids is 1. The smallest absolute Gasteiger partial charge is 0.397 e. The molecular weight excluding hydrogens is 223 g/mol. The van der Waals surface area contributed by atoms with Crippen LogP contribution in [-0.4, -0.2) is 17.2 Å².